The lowest BCUT2D eigenvalue weighted by Gasteiger charge is -2.01. The van der Waals surface area contributed by atoms with Crippen LogP contribution in [0.3, 0.4) is 0 Å². The van der Waals surface area contributed by atoms with Crippen LogP contribution in [0.15, 0.2) is 59.5 Å². The molecule has 2 aromatic heterocycles. The van der Waals surface area contributed by atoms with Crippen LogP contribution in [0.25, 0.3) is 33.2 Å². The lowest BCUT2D eigenvalue weighted by atomic mass is 10.1. The van der Waals surface area contributed by atoms with E-state index in [1.54, 1.807) is 6.07 Å². The van der Waals surface area contributed by atoms with Crippen LogP contribution in [0.5, 0.6) is 0 Å². The number of fused-ring (bicyclic) bond motifs is 2. The summed E-state index contributed by atoms with van der Waals surface area (Å²) in [6.07, 6.45) is 2.00. The Balaban J connectivity index is 2.07. The molecule has 0 unspecified atom stereocenters. The number of H-pyrrole nitrogens is 1. The predicted molar refractivity (Wildman–Crippen MR) is 84.3 cm³/mol. The molecule has 1 N–H and O–H groups in total. The number of nitrogens with zero attached hydrogens (tertiary/aromatic N) is 2. The quantitative estimate of drug-likeness (QED) is 0.580. The van der Waals surface area contributed by atoms with E-state index in [2.05, 4.69) is 16.0 Å². The van der Waals surface area contributed by atoms with Crippen molar-refractivity contribution in [3.63, 3.8) is 0 Å². The first kappa shape index (κ1) is 11.9. The number of hydrogen-bond donors (Lipinski definition) is 1. The number of aryl methyl sites for hydroxylation is 1. The maximum Gasteiger partial charge on any atom is 0.259 e. The fourth-order valence-electron chi connectivity index (χ4n) is 2.74. The zero-order valence-corrected chi connectivity index (χ0v) is 11.5. The Kier molecular flexibility index (Phi) is 2.44. The van der Waals surface area contributed by atoms with Crippen LogP contribution < -0.4 is 5.56 Å². The Labute approximate surface area is 120 Å². The van der Waals surface area contributed by atoms with E-state index in [9.17, 15) is 4.79 Å². The van der Waals surface area contributed by atoms with Gasteiger partial charge in [0.05, 0.1) is 10.9 Å². The number of aromatic nitrogens is 3. The summed E-state index contributed by atoms with van der Waals surface area (Å²) in [5.74, 6) is 0.607. The number of nitrogens with one attached hydrogen (secondary N) is 1. The van der Waals surface area contributed by atoms with Crippen molar-refractivity contribution in [2.75, 3.05) is 0 Å². The van der Waals surface area contributed by atoms with Crippen LogP contribution >= 0.6 is 0 Å². The first-order valence-electron chi connectivity index (χ1n) is 6.77. The third kappa shape index (κ3) is 1.76. The van der Waals surface area contributed by atoms with Crippen molar-refractivity contribution in [1.29, 1.82) is 0 Å². The molecular weight excluding hydrogens is 262 g/mol. The maximum atomic E-state index is 12.2. The van der Waals surface area contributed by atoms with E-state index in [-0.39, 0.29) is 5.56 Å². The zero-order valence-electron chi connectivity index (χ0n) is 11.5. The number of aromatic amines is 1. The second kappa shape index (κ2) is 4.31. The Hall–Kier alpha value is -2.88. The maximum absolute atomic E-state index is 12.2. The van der Waals surface area contributed by atoms with Crippen LogP contribution in [0, 0.1) is 0 Å². The first-order chi connectivity index (χ1) is 10.2. The van der Waals surface area contributed by atoms with Crippen LogP contribution in [-0.2, 0) is 7.05 Å². The SMILES string of the molecule is Cn1cc(-c2nc3ccccc3c(=O)[nH]2)c2ccccc21. The van der Waals surface area contributed by atoms with Crippen LogP contribution in [0.1, 0.15) is 0 Å². The zero-order chi connectivity index (χ0) is 14.4. The van der Waals surface area contributed by atoms with Gasteiger partial charge in [0.2, 0.25) is 0 Å². The Morgan fingerprint density at radius 2 is 1.71 bits per heavy atom. The van der Waals surface area contributed by atoms with Gasteiger partial charge in [0.15, 0.2) is 0 Å². The topological polar surface area (TPSA) is 50.7 Å². The van der Waals surface area contributed by atoms with Crippen molar-refractivity contribution >= 4 is 21.8 Å². The van der Waals surface area contributed by atoms with E-state index in [1.807, 2.05) is 54.2 Å². The summed E-state index contributed by atoms with van der Waals surface area (Å²) >= 11 is 0. The molecule has 4 heteroatoms. The van der Waals surface area contributed by atoms with Crippen molar-refractivity contribution in [3.05, 3.63) is 65.1 Å². The Morgan fingerprint density at radius 1 is 1.00 bits per heavy atom. The second-order valence-corrected chi connectivity index (χ2v) is 5.10. The van der Waals surface area contributed by atoms with Gasteiger partial charge in [-0.05, 0) is 18.2 Å². The van der Waals surface area contributed by atoms with Gasteiger partial charge in [-0.15, -0.1) is 0 Å². The van der Waals surface area contributed by atoms with E-state index < -0.39 is 0 Å². The van der Waals surface area contributed by atoms with E-state index in [0.717, 1.165) is 16.5 Å². The summed E-state index contributed by atoms with van der Waals surface area (Å²) in [6.45, 7) is 0. The highest BCUT2D eigenvalue weighted by Gasteiger charge is 2.11. The van der Waals surface area contributed by atoms with E-state index in [4.69, 9.17) is 0 Å². The third-order valence-electron chi connectivity index (χ3n) is 3.76. The van der Waals surface area contributed by atoms with Gasteiger partial charge in [0.1, 0.15) is 5.82 Å². The number of rotatable bonds is 1. The van der Waals surface area contributed by atoms with Crippen molar-refractivity contribution in [3.8, 4) is 11.4 Å². The molecule has 0 aliphatic rings. The molecule has 4 aromatic rings. The third-order valence-corrected chi connectivity index (χ3v) is 3.76. The van der Waals surface area contributed by atoms with E-state index >= 15 is 0 Å². The fraction of sp³-hybridized carbons (Fsp3) is 0.0588. The van der Waals surface area contributed by atoms with Crippen molar-refractivity contribution in [2.45, 2.75) is 0 Å². The van der Waals surface area contributed by atoms with Crippen molar-refractivity contribution in [2.24, 2.45) is 7.05 Å². The van der Waals surface area contributed by atoms with Crippen LogP contribution in [-0.4, -0.2) is 14.5 Å². The summed E-state index contributed by atoms with van der Waals surface area (Å²) in [5, 5.41) is 1.69. The normalized spacial score (nSPS) is 11.3. The molecular formula is C17H13N3O. The standard InChI is InChI=1S/C17H13N3O/c1-20-10-13(11-6-3-5-9-15(11)20)16-18-14-8-4-2-7-12(14)17(21)19-16/h2-10H,1H3,(H,18,19,21). The summed E-state index contributed by atoms with van der Waals surface area (Å²) in [5.41, 5.74) is 2.66. The monoisotopic (exact) mass is 275 g/mol. The van der Waals surface area contributed by atoms with Gasteiger partial charge in [-0.25, -0.2) is 4.98 Å². The molecule has 0 atom stereocenters. The van der Waals surface area contributed by atoms with E-state index in [0.29, 0.717) is 16.7 Å². The largest absolute Gasteiger partial charge is 0.350 e. The van der Waals surface area contributed by atoms with Gasteiger partial charge in [0.25, 0.3) is 5.56 Å². The molecule has 21 heavy (non-hydrogen) atoms. The lowest BCUT2D eigenvalue weighted by molar-refractivity contribution is 0.968. The van der Waals surface area contributed by atoms with E-state index in [1.165, 1.54) is 0 Å². The molecule has 2 heterocycles. The molecule has 4 nitrogen and oxygen atoms in total. The number of para-hydroxylation sites is 2. The van der Waals surface area contributed by atoms with Crippen molar-refractivity contribution < 1.29 is 0 Å². The average molecular weight is 275 g/mol. The molecule has 0 aliphatic carbocycles. The van der Waals surface area contributed by atoms with Gasteiger partial charge in [-0.2, -0.15) is 0 Å². The molecule has 0 fully saturated rings. The van der Waals surface area contributed by atoms with Crippen molar-refractivity contribution in [1.82, 2.24) is 14.5 Å². The molecule has 0 bridgehead atoms. The highest BCUT2D eigenvalue weighted by molar-refractivity contribution is 5.95. The molecule has 0 radical (unpaired) electrons. The summed E-state index contributed by atoms with van der Waals surface area (Å²) in [7, 11) is 1.99. The van der Waals surface area contributed by atoms with Gasteiger partial charge in [0, 0.05) is 29.7 Å². The molecule has 4 rings (SSSR count). The minimum atomic E-state index is -0.108. The molecule has 0 saturated heterocycles. The molecule has 0 amide bonds. The molecule has 0 spiro atoms. The number of hydrogen-bond acceptors (Lipinski definition) is 2. The predicted octanol–water partition coefficient (Wildman–Crippen LogP) is 3.08. The summed E-state index contributed by atoms with van der Waals surface area (Å²) in [4.78, 5) is 19.7. The number of benzene rings is 2. The molecule has 0 aliphatic heterocycles. The van der Waals surface area contributed by atoms with Gasteiger partial charge < -0.3 is 9.55 Å². The highest BCUT2D eigenvalue weighted by Crippen LogP contribution is 2.27. The smallest absolute Gasteiger partial charge is 0.259 e. The van der Waals surface area contributed by atoms with Gasteiger partial charge >= 0.3 is 0 Å². The minimum Gasteiger partial charge on any atom is -0.350 e. The van der Waals surface area contributed by atoms with Gasteiger partial charge in [-0.1, -0.05) is 30.3 Å². The molecule has 2 aromatic carbocycles. The Bertz CT molecular complexity index is 1030. The second-order valence-electron chi connectivity index (χ2n) is 5.10. The minimum absolute atomic E-state index is 0.108. The summed E-state index contributed by atoms with van der Waals surface area (Å²) in [6, 6.07) is 15.5. The van der Waals surface area contributed by atoms with Gasteiger partial charge in [-0.3, -0.25) is 4.79 Å². The average Bonchev–Trinajstić information content (AvgIpc) is 2.85. The lowest BCUT2D eigenvalue weighted by Crippen LogP contribution is -2.09. The van der Waals surface area contributed by atoms with Crippen LogP contribution in [0.4, 0.5) is 0 Å². The summed E-state index contributed by atoms with van der Waals surface area (Å²) < 4.78 is 2.04. The Morgan fingerprint density at radius 3 is 2.57 bits per heavy atom. The van der Waals surface area contributed by atoms with Crippen LogP contribution in [0.2, 0.25) is 0 Å². The highest BCUT2D eigenvalue weighted by atomic mass is 16.1. The molecule has 102 valence electrons. The molecule has 0 saturated carbocycles. The fourth-order valence-corrected chi connectivity index (χ4v) is 2.74. The first-order valence-corrected chi connectivity index (χ1v) is 6.77.